The number of hydrogen-bond donors (Lipinski definition) is 0. The third kappa shape index (κ3) is 7.58. The van der Waals surface area contributed by atoms with Gasteiger partial charge in [0.2, 0.25) is 0 Å². The van der Waals surface area contributed by atoms with Crippen molar-refractivity contribution in [2.45, 2.75) is 32.4 Å². The molecule has 0 N–H and O–H groups in total. The molecule has 0 aromatic carbocycles. The van der Waals surface area contributed by atoms with Crippen molar-refractivity contribution >= 4 is 15.9 Å². The molecule has 0 atom stereocenters. The summed E-state index contributed by atoms with van der Waals surface area (Å²) >= 11 is 3.17. The highest BCUT2D eigenvalue weighted by atomic mass is 79.9. The highest BCUT2D eigenvalue weighted by Crippen LogP contribution is 2.29. The zero-order valence-electron chi connectivity index (χ0n) is 10.4. The van der Waals surface area contributed by atoms with E-state index >= 15 is 0 Å². The highest BCUT2D eigenvalue weighted by molar-refractivity contribution is 9.09. The van der Waals surface area contributed by atoms with Crippen LogP contribution in [-0.4, -0.2) is 18.1 Å². The number of hydrogen-bond acceptors (Lipinski definition) is 1. The van der Waals surface area contributed by atoms with Crippen molar-refractivity contribution in [3.8, 4) is 0 Å². The van der Waals surface area contributed by atoms with Crippen LogP contribution < -0.4 is 0 Å². The zero-order valence-corrected chi connectivity index (χ0v) is 12.0. The maximum absolute atomic E-state index is 12.7. The van der Waals surface area contributed by atoms with E-state index in [1.54, 1.807) is 0 Å². The van der Waals surface area contributed by atoms with Crippen molar-refractivity contribution in [1.82, 2.24) is 0 Å². The van der Waals surface area contributed by atoms with Gasteiger partial charge in [-0.3, -0.25) is 0 Å². The van der Waals surface area contributed by atoms with E-state index in [2.05, 4.69) is 22.5 Å². The standard InChI is InChI=1S/C13H18BrF3O/c1-3-5-6-11(13(15,16)17)7-8-12(4-2)18-10-9-14/h4,7-8H,2-3,5-6,9-10H2,1H3/b11-7+,12-8+. The first-order valence-electron chi connectivity index (χ1n) is 5.75. The largest absolute Gasteiger partial charge is 0.493 e. The molecule has 0 aliphatic heterocycles. The maximum atomic E-state index is 12.7. The SMILES string of the molecule is C=C/C(=C\C=C(/CCCC)C(F)(F)F)OCCBr. The van der Waals surface area contributed by atoms with E-state index < -0.39 is 11.7 Å². The minimum Gasteiger partial charge on any atom is -0.493 e. The van der Waals surface area contributed by atoms with Crippen molar-refractivity contribution in [2.24, 2.45) is 0 Å². The van der Waals surface area contributed by atoms with Gasteiger partial charge in [-0.15, -0.1) is 0 Å². The molecular weight excluding hydrogens is 309 g/mol. The fraction of sp³-hybridized carbons (Fsp3) is 0.538. The van der Waals surface area contributed by atoms with Crippen molar-refractivity contribution in [1.29, 1.82) is 0 Å². The van der Waals surface area contributed by atoms with Crippen LogP contribution in [0.4, 0.5) is 13.2 Å². The van der Waals surface area contributed by atoms with Crippen LogP contribution in [0.25, 0.3) is 0 Å². The predicted molar refractivity (Wildman–Crippen MR) is 71.7 cm³/mol. The average Bonchev–Trinajstić information content (AvgIpc) is 2.31. The molecule has 0 saturated carbocycles. The molecule has 0 aliphatic carbocycles. The number of alkyl halides is 4. The molecule has 0 aromatic rings. The summed E-state index contributed by atoms with van der Waals surface area (Å²) in [6.45, 7) is 5.75. The first-order chi connectivity index (χ1) is 8.45. The smallest absolute Gasteiger partial charge is 0.412 e. The molecule has 104 valence electrons. The third-order valence-electron chi connectivity index (χ3n) is 2.16. The number of ether oxygens (including phenoxy) is 1. The van der Waals surface area contributed by atoms with Crippen LogP contribution in [0, 0.1) is 0 Å². The van der Waals surface area contributed by atoms with Crippen LogP contribution in [0.15, 0.2) is 36.1 Å². The molecular formula is C13H18BrF3O. The second-order valence-corrected chi connectivity index (χ2v) is 4.40. The molecule has 0 unspecified atom stereocenters. The normalized spacial score (nSPS) is 13.6. The molecule has 0 aliphatic rings. The second-order valence-electron chi connectivity index (χ2n) is 3.60. The molecule has 0 bridgehead atoms. The van der Waals surface area contributed by atoms with Gasteiger partial charge in [-0.2, -0.15) is 13.2 Å². The summed E-state index contributed by atoms with van der Waals surface area (Å²) in [4.78, 5) is 0. The van der Waals surface area contributed by atoms with Crippen LogP contribution in [0.5, 0.6) is 0 Å². The average molecular weight is 327 g/mol. The van der Waals surface area contributed by atoms with Gasteiger partial charge >= 0.3 is 6.18 Å². The monoisotopic (exact) mass is 326 g/mol. The Labute approximate surface area is 115 Å². The van der Waals surface area contributed by atoms with E-state index in [1.165, 1.54) is 12.2 Å². The van der Waals surface area contributed by atoms with Gasteiger partial charge in [0, 0.05) is 10.9 Å². The molecule has 0 heterocycles. The highest BCUT2D eigenvalue weighted by Gasteiger charge is 2.32. The van der Waals surface area contributed by atoms with E-state index in [9.17, 15) is 13.2 Å². The molecule has 5 heteroatoms. The Morgan fingerprint density at radius 1 is 1.33 bits per heavy atom. The Bertz CT molecular complexity index is 306. The summed E-state index contributed by atoms with van der Waals surface area (Å²) in [5.74, 6) is 0.340. The molecule has 18 heavy (non-hydrogen) atoms. The fourth-order valence-corrected chi connectivity index (χ4v) is 1.36. The van der Waals surface area contributed by atoms with E-state index in [0.717, 1.165) is 12.5 Å². The van der Waals surface area contributed by atoms with E-state index in [0.29, 0.717) is 24.1 Å². The van der Waals surface area contributed by atoms with Crippen LogP contribution in [0.2, 0.25) is 0 Å². The third-order valence-corrected chi connectivity index (χ3v) is 2.48. The lowest BCUT2D eigenvalue weighted by Gasteiger charge is -2.10. The number of rotatable bonds is 8. The zero-order chi connectivity index (χ0) is 14.0. The van der Waals surface area contributed by atoms with Crippen molar-refractivity contribution in [3.63, 3.8) is 0 Å². The summed E-state index contributed by atoms with van der Waals surface area (Å²) in [6, 6.07) is 0. The lowest BCUT2D eigenvalue weighted by molar-refractivity contribution is -0.0941. The Morgan fingerprint density at radius 3 is 2.44 bits per heavy atom. The molecule has 0 rings (SSSR count). The molecule has 0 radical (unpaired) electrons. The number of allylic oxidation sites excluding steroid dienone is 4. The van der Waals surface area contributed by atoms with Gasteiger partial charge in [0.15, 0.2) is 0 Å². The second kappa shape index (κ2) is 9.25. The van der Waals surface area contributed by atoms with Crippen molar-refractivity contribution in [2.75, 3.05) is 11.9 Å². The van der Waals surface area contributed by atoms with E-state index in [-0.39, 0.29) is 6.42 Å². The molecule has 0 aromatic heterocycles. The Kier molecular flexibility index (Phi) is 8.89. The fourth-order valence-electron chi connectivity index (χ4n) is 1.20. The predicted octanol–water partition coefficient (Wildman–Crippen LogP) is 5.15. The minimum atomic E-state index is -4.28. The van der Waals surface area contributed by atoms with Gasteiger partial charge in [-0.25, -0.2) is 0 Å². The van der Waals surface area contributed by atoms with E-state index in [1.807, 2.05) is 6.92 Å². The van der Waals surface area contributed by atoms with Crippen LogP contribution in [0.1, 0.15) is 26.2 Å². The first kappa shape index (κ1) is 17.3. The lowest BCUT2D eigenvalue weighted by atomic mass is 10.1. The Morgan fingerprint density at radius 2 is 2.00 bits per heavy atom. The van der Waals surface area contributed by atoms with Crippen LogP contribution in [0.3, 0.4) is 0 Å². The summed E-state index contributed by atoms with van der Waals surface area (Å²) < 4.78 is 43.2. The molecule has 0 spiro atoms. The van der Waals surface area contributed by atoms with Crippen molar-refractivity contribution < 1.29 is 17.9 Å². The van der Waals surface area contributed by atoms with Gasteiger partial charge in [0.25, 0.3) is 0 Å². The Balaban J connectivity index is 4.80. The topological polar surface area (TPSA) is 9.23 Å². The number of unbranched alkanes of at least 4 members (excludes halogenated alkanes) is 1. The summed E-state index contributed by atoms with van der Waals surface area (Å²) in [7, 11) is 0. The summed E-state index contributed by atoms with van der Waals surface area (Å²) in [6.07, 6.45) is 0.769. The van der Waals surface area contributed by atoms with Crippen LogP contribution >= 0.6 is 15.9 Å². The van der Waals surface area contributed by atoms with Crippen molar-refractivity contribution in [3.05, 3.63) is 36.1 Å². The molecule has 0 amide bonds. The first-order valence-corrected chi connectivity index (χ1v) is 6.87. The maximum Gasteiger partial charge on any atom is 0.412 e. The lowest BCUT2D eigenvalue weighted by Crippen LogP contribution is -2.11. The number of halogens is 4. The molecule has 0 saturated heterocycles. The molecule has 1 nitrogen and oxygen atoms in total. The summed E-state index contributed by atoms with van der Waals surface area (Å²) in [5, 5.41) is 0.615. The quantitative estimate of drug-likeness (QED) is 0.340. The molecule has 0 fully saturated rings. The summed E-state index contributed by atoms with van der Waals surface area (Å²) in [5.41, 5.74) is -0.536. The van der Waals surface area contributed by atoms with Gasteiger partial charge in [-0.1, -0.05) is 41.9 Å². The van der Waals surface area contributed by atoms with Gasteiger partial charge < -0.3 is 4.74 Å². The minimum absolute atomic E-state index is 0.0272. The van der Waals surface area contributed by atoms with Gasteiger partial charge in [0.1, 0.15) is 5.76 Å². The Hall–Kier alpha value is -0.710. The van der Waals surface area contributed by atoms with Gasteiger partial charge in [-0.05, 0) is 25.0 Å². The van der Waals surface area contributed by atoms with Crippen LogP contribution in [-0.2, 0) is 4.74 Å². The van der Waals surface area contributed by atoms with E-state index in [4.69, 9.17) is 4.74 Å². The van der Waals surface area contributed by atoms with Gasteiger partial charge in [0.05, 0.1) is 6.61 Å².